The van der Waals surface area contributed by atoms with E-state index in [2.05, 4.69) is 31.6 Å². The van der Waals surface area contributed by atoms with Gasteiger partial charge in [0, 0.05) is 13.1 Å². The van der Waals surface area contributed by atoms with Crippen molar-refractivity contribution in [2.75, 3.05) is 37.1 Å². The van der Waals surface area contributed by atoms with Crippen molar-refractivity contribution in [3.05, 3.63) is 0 Å². The van der Waals surface area contributed by atoms with Gasteiger partial charge in [-0.1, -0.05) is 27.7 Å². The number of guanidine groups is 1. The molecule has 0 aliphatic carbocycles. The third-order valence-electron chi connectivity index (χ3n) is 9.01. The van der Waals surface area contributed by atoms with E-state index in [4.69, 9.17) is 22.9 Å². The van der Waals surface area contributed by atoms with Crippen LogP contribution in [0.5, 0.6) is 0 Å². The zero-order valence-electron chi connectivity index (χ0n) is 34.1. The van der Waals surface area contributed by atoms with Gasteiger partial charge in [0.05, 0.1) is 6.04 Å². The summed E-state index contributed by atoms with van der Waals surface area (Å²) in [5.41, 5.74) is 22.2. The molecule has 1 rings (SSSR count). The Morgan fingerprint density at radius 1 is 0.679 bits per heavy atom. The molecule has 0 spiro atoms. The molecule has 0 aromatic heterocycles. The van der Waals surface area contributed by atoms with E-state index in [1.54, 1.807) is 0 Å². The molecule has 7 amide bonds. The summed E-state index contributed by atoms with van der Waals surface area (Å²) in [4.78, 5) is 98.7. The second kappa shape index (κ2) is 26.2. The lowest BCUT2D eigenvalue weighted by Crippen LogP contribution is -2.60. The number of carbonyl (C=O) groups is 7. The molecule has 1 heterocycles. The fourth-order valence-electron chi connectivity index (χ4n) is 6.08. The monoisotopic (exact) mass is 829 g/mol. The molecule has 0 bridgehead atoms. The van der Waals surface area contributed by atoms with Gasteiger partial charge < -0.3 is 54.4 Å². The van der Waals surface area contributed by atoms with Crippen LogP contribution in [0.2, 0.25) is 0 Å². The topological polar surface area (TPSA) is 299 Å². The van der Waals surface area contributed by atoms with Crippen molar-refractivity contribution in [2.45, 2.75) is 128 Å². The molecule has 18 nitrogen and oxygen atoms in total. The Bertz CT molecular complexity index is 1350. The second-order valence-corrected chi connectivity index (χ2v) is 16.9. The minimum atomic E-state index is -1.12. The number of primary amides is 1. The van der Waals surface area contributed by atoms with Gasteiger partial charge in [-0.25, -0.2) is 0 Å². The smallest absolute Gasteiger partial charge is 0.245 e. The van der Waals surface area contributed by atoms with Crippen LogP contribution in [-0.4, -0.2) is 132 Å². The first kappa shape index (κ1) is 50.2. The average molecular weight is 830 g/mol. The summed E-state index contributed by atoms with van der Waals surface area (Å²) in [7, 11) is 0. The lowest BCUT2D eigenvalue weighted by molar-refractivity contribution is -0.142. The van der Waals surface area contributed by atoms with Gasteiger partial charge in [0.25, 0.3) is 0 Å². The number of nitrogens with two attached hydrogens (primary N) is 4. The number of rotatable bonds is 26. The van der Waals surface area contributed by atoms with E-state index in [9.17, 15) is 33.6 Å². The number of carbonyl (C=O) groups excluding carboxylic acids is 7. The lowest BCUT2D eigenvalue weighted by Gasteiger charge is -2.30. The van der Waals surface area contributed by atoms with E-state index in [0.29, 0.717) is 50.2 Å². The van der Waals surface area contributed by atoms with Crippen LogP contribution in [0, 0.1) is 11.8 Å². The number of aliphatic imine (C=N–C) groups is 1. The van der Waals surface area contributed by atoms with Gasteiger partial charge in [0.2, 0.25) is 41.4 Å². The number of nitrogens with one attached hydrogen (secondary N) is 5. The molecule has 1 aliphatic rings. The third kappa shape index (κ3) is 18.4. The Labute approximate surface area is 340 Å². The zero-order valence-corrected chi connectivity index (χ0v) is 35.7. The van der Waals surface area contributed by atoms with Crippen molar-refractivity contribution in [1.82, 2.24) is 31.5 Å². The van der Waals surface area contributed by atoms with Crippen molar-refractivity contribution in [3.63, 3.8) is 0 Å². The van der Waals surface area contributed by atoms with Crippen molar-refractivity contribution in [1.29, 1.82) is 0 Å². The van der Waals surface area contributed by atoms with Crippen molar-refractivity contribution < 1.29 is 33.6 Å². The molecule has 0 saturated carbocycles. The van der Waals surface area contributed by atoms with Gasteiger partial charge in [0.15, 0.2) is 5.96 Å². The molecule has 320 valence electrons. The van der Waals surface area contributed by atoms with E-state index >= 15 is 0 Å². The molecule has 0 aromatic carbocycles. The highest BCUT2D eigenvalue weighted by molar-refractivity contribution is 7.98. The van der Waals surface area contributed by atoms with E-state index in [1.807, 2.05) is 40.2 Å². The van der Waals surface area contributed by atoms with E-state index in [0.717, 1.165) is 0 Å². The molecule has 1 fully saturated rings. The maximum atomic E-state index is 13.9. The summed E-state index contributed by atoms with van der Waals surface area (Å²) in [6.07, 6.45) is 6.16. The van der Waals surface area contributed by atoms with Crippen LogP contribution in [0.25, 0.3) is 0 Å². The average Bonchev–Trinajstić information content (AvgIpc) is 3.61. The van der Waals surface area contributed by atoms with Gasteiger partial charge >= 0.3 is 0 Å². The van der Waals surface area contributed by atoms with Crippen molar-refractivity contribution in [2.24, 2.45) is 39.8 Å². The second-order valence-electron chi connectivity index (χ2n) is 15.0. The molecule has 56 heavy (non-hydrogen) atoms. The summed E-state index contributed by atoms with van der Waals surface area (Å²) in [5.74, 6) is -3.03. The van der Waals surface area contributed by atoms with Crippen molar-refractivity contribution in [3.8, 4) is 0 Å². The highest BCUT2D eigenvalue weighted by Gasteiger charge is 2.39. The van der Waals surface area contributed by atoms with Crippen LogP contribution in [0.15, 0.2) is 4.99 Å². The standard InChI is InChI=1S/C36H67N11O7S2/c1-20(2)18-26(29(38)48)45-31(50)23(10-8-14-41-36(39)40)42-33(52)27(19-21(3)4)46-32(51)24(12-16-55-6)43-34(53)28-11-9-15-47(28)35(54)25(13-17-56-7)44-30(49)22(5)37/h20-28H,8-19,37H2,1-7H3,(H2,38,48)(H,42,52)(H,43,53)(H,44,49)(H,45,50)(H,46,51)(H4,39,40,41). The van der Waals surface area contributed by atoms with Crippen LogP contribution in [-0.2, 0) is 33.6 Å². The number of hydrogen-bond acceptors (Lipinski definition) is 11. The van der Waals surface area contributed by atoms with Crippen LogP contribution in [0.1, 0.15) is 86.0 Å². The molecule has 1 saturated heterocycles. The summed E-state index contributed by atoms with van der Waals surface area (Å²) >= 11 is 2.99. The zero-order chi connectivity index (χ0) is 42.5. The van der Waals surface area contributed by atoms with Crippen LogP contribution >= 0.6 is 23.5 Å². The number of hydrogen-bond donors (Lipinski definition) is 9. The number of amides is 7. The normalized spacial score (nSPS) is 17.2. The highest BCUT2D eigenvalue weighted by atomic mass is 32.2. The molecule has 0 radical (unpaired) electrons. The predicted molar refractivity (Wildman–Crippen MR) is 222 cm³/mol. The molecule has 0 aromatic rings. The fraction of sp³-hybridized carbons (Fsp3) is 0.778. The van der Waals surface area contributed by atoms with Crippen LogP contribution in [0.3, 0.4) is 0 Å². The molecule has 13 N–H and O–H groups in total. The minimum absolute atomic E-state index is 0.0416. The first-order chi connectivity index (χ1) is 26.3. The summed E-state index contributed by atoms with van der Waals surface area (Å²) in [6.45, 7) is 9.51. The largest absolute Gasteiger partial charge is 0.370 e. The lowest BCUT2D eigenvalue weighted by atomic mass is 10.0. The Hall–Kier alpha value is -3.78. The molecular formula is C36H67N11O7S2. The Balaban J connectivity index is 3.28. The maximum Gasteiger partial charge on any atom is 0.245 e. The number of thioether (sulfide) groups is 2. The molecule has 20 heteroatoms. The summed E-state index contributed by atoms with van der Waals surface area (Å²) in [6, 6.07) is -6.79. The number of nitrogens with zero attached hydrogens (tertiary/aromatic N) is 2. The van der Waals surface area contributed by atoms with E-state index < -0.39 is 83.6 Å². The van der Waals surface area contributed by atoms with Gasteiger partial charge in [0.1, 0.15) is 36.3 Å². The van der Waals surface area contributed by atoms with Gasteiger partial charge in [-0.05, 0) is 94.1 Å². The van der Waals surface area contributed by atoms with Gasteiger partial charge in [-0.15, -0.1) is 0 Å². The highest BCUT2D eigenvalue weighted by Crippen LogP contribution is 2.21. The fourth-order valence-corrected chi connectivity index (χ4v) is 7.02. The first-order valence-electron chi connectivity index (χ1n) is 19.2. The van der Waals surface area contributed by atoms with Gasteiger partial charge in [-0.2, -0.15) is 23.5 Å². The molecule has 1 aliphatic heterocycles. The van der Waals surface area contributed by atoms with Gasteiger partial charge in [-0.3, -0.25) is 38.6 Å². The minimum Gasteiger partial charge on any atom is -0.370 e. The number of likely N-dealkylation sites (tertiary alicyclic amines) is 1. The molecule has 7 atom stereocenters. The van der Waals surface area contributed by atoms with Crippen molar-refractivity contribution >= 4 is 70.8 Å². The third-order valence-corrected chi connectivity index (χ3v) is 10.3. The molecular weight excluding hydrogens is 763 g/mol. The van der Waals surface area contributed by atoms with E-state index in [-0.39, 0.29) is 43.6 Å². The summed E-state index contributed by atoms with van der Waals surface area (Å²) < 4.78 is 0. The van der Waals surface area contributed by atoms with Crippen LogP contribution < -0.4 is 49.5 Å². The van der Waals surface area contributed by atoms with E-state index in [1.165, 1.54) is 35.3 Å². The first-order valence-corrected chi connectivity index (χ1v) is 22.0. The molecule has 7 unspecified atom stereocenters. The van der Waals surface area contributed by atoms with Crippen LogP contribution in [0.4, 0.5) is 0 Å². The predicted octanol–water partition coefficient (Wildman–Crippen LogP) is -1.11. The quantitative estimate of drug-likeness (QED) is 0.0285. The Morgan fingerprint density at radius 2 is 1.16 bits per heavy atom. The maximum absolute atomic E-state index is 13.9. The summed E-state index contributed by atoms with van der Waals surface area (Å²) in [5, 5.41) is 13.7. The Kier molecular flexibility index (Phi) is 23.5. The SMILES string of the molecule is CSCCC(NC(=O)C1CCCN1C(=O)C(CCSC)NC(=O)C(C)N)C(=O)NC(CC(C)C)C(=O)NC(CCCN=C(N)N)C(=O)NC(CC(C)C)C(N)=O. The Morgan fingerprint density at radius 3 is 1.68 bits per heavy atom.